The Morgan fingerprint density at radius 1 is 0.947 bits per heavy atom. The molecule has 0 amide bonds. The van der Waals surface area contributed by atoms with Crippen molar-refractivity contribution in [3.63, 3.8) is 0 Å². The Hall–Kier alpha value is -1.84. The van der Waals surface area contributed by atoms with E-state index in [-0.39, 0.29) is 6.54 Å². The molecule has 0 heterocycles. The summed E-state index contributed by atoms with van der Waals surface area (Å²) in [4.78, 5) is 0. The van der Waals surface area contributed by atoms with E-state index in [0.29, 0.717) is 13.0 Å². The van der Waals surface area contributed by atoms with E-state index in [9.17, 15) is 5.11 Å². The van der Waals surface area contributed by atoms with Gasteiger partial charge in [0.1, 0.15) is 12.4 Å². The average molecular weight is 257 g/mol. The van der Waals surface area contributed by atoms with Gasteiger partial charge in [0, 0.05) is 6.54 Å². The first-order valence-corrected chi connectivity index (χ1v) is 6.41. The summed E-state index contributed by atoms with van der Waals surface area (Å²) in [5.74, 6) is 0.829. The summed E-state index contributed by atoms with van der Waals surface area (Å²) in [6.45, 7) is 0.845. The van der Waals surface area contributed by atoms with Crippen molar-refractivity contribution in [2.45, 2.75) is 19.1 Å². The third-order valence-corrected chi connectivity index (χ3v) is 2.92. The van der Waals surface area contributed by atoms with Crippen molar-refractivity contribution in [3.8, 4) is 5.75 Å². The van der Waals surface area contributed by atoms with Crippen molar-refractivity contribution in [1.82, 2.24) is 0 Å². The van der Waals surface area contributed by atoms with Gasteiger partial charge in [-0.15, -0.1) is 0 Å². The van der Waals surface area contributed by atoms with Crippen LogP contribution in [0.3, 0.4) is 0 Å². The van der Waals surface area contributed by atoms with Gasteiger partial charge in [-0.05, 0) is 29.7 Å². The van der Waals surface area contributed by atoms with Crippen LogP contribution in [0.1, 0.15) is 11.1 Å². The molecular weight excluding hydrogens is 238 g/mol. The maximum absolute atomic E-state index is 9.48. The number of aliphatic hydroxyl groups is 1. The van der Waals surface area contributed by atoms with E-state index < -0.39 is 6.10 Å². The molecule has 2 aromatic carbocycles. The number of rotatable bonds is 6. The van der Waals surface area contributed by atoms with Crippen LogP contribution in [0, 0.1) is 0 Å². The second-order valence-electron chi connectivity index (χ2n) is 4.51. The zero-order valence-corrected chi connectivity index (χ0v) is 10.8. The molecule has 2 rings (SSSR count). The fourth-order valence-electron chi connectivity index (χ4n) is 1.82. The summed E-state index contributed by atoms with van der Waals surface area (Å²) < 4.78 is 5.69. The van der Waals surface area contributed by atoms with Crippen LogP contribution in [0.15, 0.2) is 54.6 Å². The molecule has 0 aromatic heterocycles. The smallest absolute Gasteiger partial charge is 0.119 e. The van der Waals surface area contributed by atoms with E-state index in [4.69, 9.17) is 10.5 Å². The molecule has 0 saturated heterocycles. The number of ether oxygens (including phenoxy) is 1. The molecule has 1 unspecified atom stereocenters. The minimum absolute atomic E-state index is 0.284. The molecule has 3 nitrogen and oxygen atoms in total. The molecule has 0 aliphatic heterocycles. The SMILES string of the molecule is NCC(O)Cc1ccc(OCc2ccccc2)cc1. The molecular formula is C16H19NO2. The summed E-state index contributed by atoms with van der Waals surface area (Å²) in [7, 11) is 0. The Bertz CT molecular complexity index is 482. The molecule has 0 radical (unpaired) electrons. The molecule has 1 atom stereocenters. The summed E-state index contributed by atoms with van der Waals surface area (Å²) in [5, 5.41) is 9.48. The Balaban J connectivity index is 1.88. The van der Waals surface area contributed by atoms with Crippen LogP contribution in [-0.2, 0) is 13.0 Å². The number of nitrogens with two attached hydrogens (primary N) is 1. The molecule has 2 aromatic rings. The molecule has 100 valence electrons. The van der Waals surface area contributed by atoms with Crippen LogP contribution < -0.4 is 10.5 Å². The van der Waals surface area contributed by atoms with Gasteiger partial charge >= 0.3 is 0 Å². The minimum Gasteiger partial charge on any atom is -0.489 e. The molecule has 0 bridgehead atoms. The molecule has 19 heavy (non-hydrogen) atoms. The van der Waals surface area contributed by atoms with E-state index in [1.807, 2.05) is 54.6 Å². The highest BCUT2D eigenvalue weighted by Gasteiger charge is 2.03. The highest BCUT2D eigenvalue weighted by Crippen LogP contribution is 2.15. The van der Waals surface area contributed by atoms with Crippen LogP contribution in [0.4, 0.5) is 0 Å². The maximum Gasteiger partial charge on any atom is 0.119 e. The van der Waals surface area contributed by atoms with Gasteiger partial charge < -0.3 is 15.6 Å². The van der Waals surface area contributed by atoms with Crippen LogP contribution in [0.25, 0.3) is 0 Å². The second-order valence-corrected chi connectivity index (χ2v) is 4.51. The Labute approximate surface area is 113 Å². The molecule has 3 N–H and O–H groups in total. The molecule has 0 saturated carbocycles. The van der Waals surface area contributed by atoms with Gasteiger partial charge in [0.15, 0.2) is 0 Å². The Kier molecular flexibility index (Phi) is 4.95. The predicted molar refractivity (Wildman–Crippen MR) is 76.0 cm³/mol. The highest BCUT2D eigenvalue weighted by atomic mass is 16.5. The normalized spacial score (nSPS) is 12.1. The fourth-order valence-corrected chi connectivity index (χ4v) is 1.82. The van der Waals surface area contributed by atoms with E-state index in [1.54, 1.807) is 0 Å². The first-order valence-electron chi connectivity index (χ1n) is 6.41. The van der Waals surface area contributed by atoms with Crippen molar-refractivity contribution in [2.75, 3.05) is 6.54 Å². The van der Waals surface area contributed by atoms with Crippen molar-refractivity contribution >= 4 is 0 Å². The van der Waals surface area contributed by atoms with E-state index in [0.717, 1.165) is 16.9 Å². The topological polar surface area (TPSA) is 55.5 Å². The molecule has 0 fully saturated rings. The third-order valence-electron chi connectivity index (χ3n) is 2.92. The monoisotopic (exact) mass is 257 g/mol. The number of hydrogen-bond donors (Lipinski definition) is 2. The van der Waals surface area contributed by atoms with E-state index in [1.165, 1.54) is 0 Å². The highest BCUT2D eigenvalue weighted by molar-refractivity contribution is 5.28. The zero-order valence-electron chi connectivity index (χ0n) is 10.8. The first kappa shape index (κ1) is 13.6. The number of benzene rings is 2. The zero-order chi connectivity index (χ0) is 13.5. The van der Waals surface area contributed by atoms with Crippen LogP contribution >= 0.6 is 0 Å². The Morgan fingerprint density at radius 2 is 1.63 bits per heavy atom. The van der Waals surface area contributed by atoms with Crippen LogP contribution in [-0.4, -0.2) is 17.8 Å². The van der Waals surface area contributed by atoms with Gasteiger partial charge in [-0.25, -0.2) is 0 Å². The van der Waals surface area contributed by atoms with Crippen molar-refractivity contribution in [2.24, 2.45) is 5.73 Å². The number of aliphatic hydroxyl groups excluding tert-OH is 1. The molecule has 0 aliphatic rings. The minimum atomic E-state index is -0.476. The van der Waals surface area contributed by atoms with Crippen molar-refractivity contribution < 1.29 is 9.84 Å². The van der Waals surface area contributed by atoms with E-state index in [2.05, 4.69) is 0 Å². The summed E-state index contributed by atoms with van der Waals surface area (Å²) in [6.07, 6.45) is 0.103. The first-order chi connectivity index (χ1) is 9.28. The Morgan fingerprint density at radius 3 is 2.26 bits per heavy atom. The largest absolute Gasteiger partial charge is 0.489 e. The van der Waals surface area contributed by atoms with Crippen molar-refractivity contribution in [1.29, 1.82) is 0 Å². The van der Waals surface area contributed by atoms with Crippen LogP contribution in [0.2, 0.25) is 0 Å². The average Bonchev–Trinajstić information content (AvgIpc) is 2.47. The quantitative estimate of drug-likeness (QED) is 0.833. The third kappa shape index (κ3) is 4.39. The van der Waals surface area contributed by atoms with Crippen LogP contribution in [0.5, 0.6) is 5.75 Å². The maximum atomic E-state index is 9.48. The lowest BCUT2D eigenvalue weighted by atomic mass is 10.1. The van der Waals surface area contributed by atoms with E-state index >= 15 is 0 Å². The van der Waals surface area contributed by atoms with Gasteiger partial charge in [0.2, 0.25) is 0 Å². The molecule has 3 heteroatoms. The lowest BCUT2D eigenvalue weighted by molar-refractivity contribution is 0.183. The summed E-state index contributed by atoms with van der Waals surface area (Å²) in [5.41, 5.74) is 7.59. The second kappa shape index (κ2) is 6.92. The predicted octanol–water partition coefficient (Wildman–Crippen LogP) is 2.13. The summed E-state index contributed by atoms with van der Waals surface area (Å²) >= 11 is 0. The van der Waals surface area contributed by atoms with Gasteiger partial charge in [0.05, 0.1) is 6.10 Å². The molecule has 0 aliphatic carbocycles. The van der Waals surface area contributed by atoms with Gasteiger partial charge in [-0.1, -0.05) is 42.5 Å². The summed E-state index contributed by atoms with van der Waals surface area (Å²) in [6, 6.07) is 17.8. The van der Waals surface area contributed by atoms with Crippen molar-refractivity contribution in [3.05, 3.63) is 65.7 Å². The lowest BCUT2D eigenvalue weighted by Crippen LogP contribution is -2.21. The number of hydrogen-bond acceptors (Lipinski definition) is 3. The van der Waals surface area contributed by atoms with Gasteiger partial charge in [-0.3, -0.25) is 0 Å². The fraction of sp³-hybridized carbons (Fsp3) is 0.250. The van der Waals surface area contributed by atoms with Gasteiger partial charge in [-0.2, -0.15) is 0 Å². The molecule has 0 spiro atoms. The standard InChI is InChI=1S/C16H19NO2/c17-11-15(18)10-13-6-8-16(9-7-13)19-12-14-4-2-1-3-5-14/h1-9,15,18H,10-12,17H2. The lowest BCUT2D eigenvalue weighted by Gasteiger charge is -2.09. The van der Waals surface area contributed by atoms with Gasteiger partial charge in [0.25, 0.3) is 0 Å².